The van der Waals surface area contributed by atoms with Crippen molar-refractivity contribution in [2.24, 2.45) is 0 Å². The van der Waals surface area contributed by atoms with Crippen molar-refractivity contribution in [3.63, 3.8) is 0 Å². The van der Waals surface area contributed by atoms with E-state index in [4.69, 9.17) is 0 Å². The van der Waals surface area contributed by atoms with Crippen LogP contribution in [0.1, 0.15) is 54.7 Å². The number of nitrogens with one attached hydrogen (secondary N) is 2. The summed E-state index contributed by atoms with van der Waals surface area (Å²) < 4.78 is 4.65. The molecule has 0 bridgehead atoms. The number of ether oxygens (including phenoxy) is 1. The minimum absolute atomic E-state index is 0.0356. The van der Waals surface area contributed by atoms with Crippen LogP contribution in [0, 0.1) is 0 Å². The largest absolute Gasteiger partial charge is 0.465 e. The molecule has 8 heteroatoms. The number of urea groups is 1. The molecule has 0 saturated carbocycles. The highest BCUT2D eigenvalue weighted by Gasteiger charge is 2.49. The monoisotopic (exact) mass is 451 g/mol. The number of nitrogens with zero attached hydrogens (tertiary/aromatic N) is 1. The SMILES string of the molecule is COC(=O)c1ccc(CNC(=O)CN2C(=O)NC(C)(c3ccc(C(C)(C)C)cc3)C2=O)cc1. The summed E-state index contributed by atoms with van der Waals surface area (Å²) in [6, 6.07) is 13.5. The number of esters is 1. The van der Waals surface area contributed by atoms with Gasteiger partial charge in [-0.1, -0.05) is 57.2 Å². The lowest BCUT2D eigenvalue weighted by Crippen LogP contribution is -2.43. The highest BCUT2D eigenvalue weighted by Crippen LogP contribution is 2.31. The van der Waals surface area contributed by atoms with Crippen LogP contribution in [-0.2, 0) is 31.8 Å². The number of hydrogen-bond acceptors (Lipinski definition) is 5. The van der Waals surface area contributed by atoms with Crippen LogP contribution in [0.4, 0.5) is 4.79 Å². The van der Waals surface area contributed by atoms with E-state index in [9.17, 15) is 19.2 Å². The molecular formula is C25H29N3O5. The summed E-state index contributed by atoms with van der Waals surface area (Å²) in [6.45, 7) is 7.73. The van der Waals surface area contributed by atoms with Crippen LogP contribution in [0.25, 0.3) is 0 Å². The number of carbonyl (C=O) groups excluding carboxylic acids is 4. The molecule has 1 fully saturated rings. The van der Waals surface area contributed by atoms with Gasteiger partial charge in [0.05, 0.1) is 12.7 Å². The van der Waals surface area contributed by atoms with Gasteiger partial charge < -0.3 is 15.4 Å². The van der Waals surface area contributed by atoms with Gasteiger partial charge in [0, 0.05) is 6.54 Å². The van der Waals surface area contributed by atoms with Crippen LogP contribution in [0.15, 0.2) is 48.5 Å². The third kappa shape index (κ3) is 5.05. The first-order valence-electron chi connectivity index (χ1n) is 10.6. The summed E-state index contributed by atoms with van der Waals surface area (Å²) in [5.41, 5.74) is 1.66. The average Bonchev–Trinajstić information content (AvgIpc) is 3.01. The molecule has 1 unspecified atom stereocenters. The number of methoxy groups -OCH3 is 1. The van der Waals surface area contributed by atoms with E-state index in [-0.39, 0.29) is 18.5 Å². The fourth-order valence-corrected chi connectivity index (χ4v) is 3.62. The standard InChI is InChI=1S/C25H29N3O5/c1-24(2,3)18-10-12-19(13-11-18)25(4)22(31)28(23(32)27-25)15-20(29)26-14-16-6-8-17(9-7-16)21(30)33-5/h6-13H,14-15H2,1-5H3,(H,26,29)(H,27,32). The maximum absolute atomic E-state index is 13.1. The maximum Gasteiger partial charge on any atom is 0.337 e. The van der Waals surface area contributed by atoms with Crippen molar-refractivity contribution in [1.82, 2.24) is 15.5 Å². The number of carbonyl (C=O) groups is 4. The fraction of sp³-hybridized carbons (Fsp3) is 0.360. The Morgan fingerprint density at radius 3 is 2.18 bits per heavy atom. The van der Waals surface area contributed by atoms with E-state index in [1.54, 1.807) is 31.2 Å². The van der Waals surface area contributed by atoms with Gasteiger partial charge in [-0.05, 0) is 41.2 Å². The highest BCUT2D eigenvalue weighted by atomic mass is 16.5. The van der Waals surface area contributed by atoms with E-state index in [1.807, 2.05) is 24.3 Å². The van der Waals surface area contributed by atoms with Gasteiger partial charge in [0.2, 0.25) is 5.91 Å². The molecule has 0 radical (unpaired) electrons. The van der Waals surface area contributed by atoms with Gasteiger partial charge in [-0.15, -0.1) is 0 Å². The molecule has 0 spiro atoms. The smallest absolute Gasteiger partial charge is 0.337 e. The minimum atomic E-state index is -1.24. The first kappa shape index (κ1) is 24.0. The van der Waals surface area contributed by atoms with E-state index in [2.05, 4.69) is 36.1 Å². The molecule has 1 atom stereocenters. The highest BCUT2D eigenvalue weighted by molar-refractivity contribution is 6.09. The average molecular weight is 452 g/mol. The van der Waals surface area contributed by atoms with Crippen molar-refractivity contribution >= 4 is 23.8 Å². The molecule has 2 aromatic carbocycles. The molecule has 4 amide bonds. The van der Waals surface area contributed by atoms with Crippen molar-refractivity contribution in [2.45, 2.75) is 45.2 Å². The van der Waals surface area contributed by atoms with E-state index in [1.165, 1.54) is 7.11 Å². The molecule has 3 rings (SSSR count). The quantitative estimate of drug-likeness (QED) is 0.519. The van der Waals surface area contributed by atoms with Gasteiger partial charge in [0.1, 0.15) is 12.1 Å². The van der Waals surface area contributed by atoms with Crippen molar-refractivity contribution in [2.75, 3.05) is 13.7 Å². The Labute approximate surface area is 193 Å². The summed E-state index contributed by atoms with van der Waals surface area (Å²) in [6.07, 6.45) is 0. The topological polar surface area (TPSA) is 105 Å². The second kappa shape index (κ2) is 9.05. The van der Waals surface area contributed by atoms with Crippen molar-refractivity contribution in [3.05, 3.63) is 70.8 Å². The molecule has 33 heavy (non-hydrogen) atoms. The molecule has 0 aromatic heterocycles. The maximum atomic E-state index is 13.1. The first-order valence-corrected chi connectivity index (χ1v) is 10.6. The third-order valence-electron chi connectivity index (χ3n) is 5.77. The second-order valence-corrected chi connectivity index (χ2v) is 9.24. The lowest BCUT2D eigenvalue weighted by molar-refractivity contribution is -0.134. The molecule has 0 aliphatic carbocycles. The second-order valence-electron chi connectivity index (χ2n) is 9.24. The predicted molar refractivity (Wildman–Crippen MR) is 122 cm³/mol. The molecule has 1 aliphatic rings. The van der Waals surface area contributed by atoms with Gasteiger partial charge in [-0.25, -0.2) is 9.59 Å². The summed E-state index contributed by atoms with van der Waals surface area (Å²) in [5, 5.41) is 5.41. The molecule has 1 saturated heterocycles. The van der Waals surface area contributed by atoms with Crippen LogP contribution in [-0.4, -0.2) is 42.4 Å². The first-order chi connectivity index (χ1) is 15.5. The van der Waals surface area contributed by atoms with Gasteiger partial charge in [0.25, 0.3) is 5.91 Å². The molecule has 2 aromatic rings. The Bertz CT molecular complexity index is 1070. The van der Waals surface area contributed by atoms with Crippen molar-refractivity contribution in [1.29, 1.82) is 0 Å². The Kier molecular flexibility index (Phi) is 6.58. The van der Waals surface area contributed by atoms with Crippen LogP contribution in [0.5, 0.6) is 0 Å². The summed E-state index contributed by atoms with van der Waals surface area (Å²) in [7, 11) is 1.30. The van der Waals surface area contributed by atoms with E-state index in [0.717, 1.165) is 16.0 Å². The zero-order valence-corrected chi connectivity index (χ0v) is 19.5. The van der Waals surface area contributed by atoms with Crippen molar-refractivity contribution in [3.8, 4) is 0 Å². The minimum Gasteiger partial charge on any atom is -0.465 e. The van der Waals surface area contributed by atoms with Gasteiger partial charge in [-0.2, -0.15) is 0 Å². The summed E-state index contributed by atoms with van der Waals surface area (Å²) in [5.74, 6) is -1.39. The zero-order chi connectivity index (χ0) is 24.4. The van der Waals surface area contributed by atoms with Gasteiger partial charge in [0.15, 0.2) is 0 Å². The van der Waals surface area contributed by atoms with Crippen LogP contribution < -0.4 is 10.6 Å². The molecule has 174 valence electrons. The molecule has 2 N–H and O–H groups in total. The lowest BCUT2D eigenvalue weighted by atomic mass is 9.84. The molecule has 8 nitrogen and oxygen atoms in total. The normalized spacial score (nSPS) is 18.2. The number of benzene rings is 2. The third-order valence-corrected chi connectivity index (χ3v) is 5.77. The molecule has 1 heterocycles. The fourth-order valence-electron chi connectivity index (χ4n) is 3.62. The number of amides is 4. The van der Waals surface area contributed by atoms with Gasteiger partial charge in [-0.3, -0.25) is 14.5 Å². The van der Waals surface area contributed by atoms with E-state index < -0.39 is 29.4 Å². The van der Waals surface area contributed by atoms with Gasteiger partial charge >= 0.3 is 12.0 Å². The molecular weight excluding hydrogens is 422 g/mol. The molecule has 1 aliphatic heterocycles. The van der Waals surface area contributed by atoms with E-state index in [0.29, 0.717) is 11.1 Å². The Balaban J connectivity index is 1.63. The number of hydrogen-bond donors (Lipinski definition) is 2. The van der Waals surface area contributed by atoms with Crippen LogP contribution in [0.2, 0.25) is 0 Å². The number of imide groups is 1. The van der Waals surface area contributed by atoms with E-state index >= 15 is 0 Å². The number of rotatable bonds is 6. The zero-order valence-electron chi connectivity index (χ0n) is 19.5. The Morgan fingerprint density at radius 2 is 1.64 bits per heavy atom. The predicted octanol–water partition coefficient (Wildman–Crippen LogP) is 2.85. The van der Waals surface area contributed by atoms with Crippen LogP contribution in [0.3, 0.4) is 0 Å². The van der Waals surface area contributed by atoms with Crippen LogP contribution >= 0.6 is 0 Å². The Morgan fingerprint density at radius 1 is 1.03 bits per heavy atom. The Hall–Kier alpha value is -3.68. The van der Waals surface area contributed by atoms with Crippen molar-refractivity contribution < 1.29 is 23.9 Å². The summed E-state index contributed by atoms with van der Waals surface area (Å²) in [4.78, 5) is 50.4. The lowest BCUT2D eigenvalue weighted by Gasteiger charge is -2.24. The summed E-state index contributed by atoms with van der Waals surface area (Å²) >= 11 is 0.